The van der Waals surface area contributed by atoms with Crippen LogP contribution >= 0.6 is 0 Å². The van der Waals surface area contributed by atoms with Crippen molar-refractivity contribution in [1.29, 1.82) is 0 Å². The quantitative estimate of drug-likeness (QED) is 0.731. The van der Waals surface area contributed by atoms with Gasteiger partial charge in [-0.15, -0.1) is 0 Å². The largest absolute Gasteiger partial charge is 0.365 e. The minimum absolute atomic E-state index is 0.583. The number of nitrogens with zero attached hydrogens (tertiary/aromatic N) is 1. The highest BCUT2D eigenvalue weighted by Crippen LogP contribution is 2.45. The van der Waals surface area contributed by atoms with Gasteiger partial charge in [0.05, 0.1) is 0 Å². The summed E-state index contributed by atoms with van der Waals surface area (Å²) in [4.78, 5) is 5.72. The van der Waals surface area contributed by atoms with Gasteiger partial charge in [-0.2, -0.15) is 0 Å². The molecule has 0 aliphatic heterocycles. The third-order valence-corrected chi connectivity index (χ3v) is 3.54. The highest BCUT2D eigenvalue weighted by Gasteiger charge is 2.42. The monoisotopic (exact) mass is 221 g/mol. The van der Waals surface area contributed by atoms with Crippen LogP contribution in [-0.2, 0) is 6.42 Å². The average molecular weight is 221 g/mol. The molecule has 1 aromatic rings. The molecule has 0 radical (unpaired) electrons. The first-order valence-corrected chi connectivity index (χ1v) is 6.20. The summed E-state index contributed by atoms with van der Waals surface area (Å²) in [5.41, 5.74) is 1.92. The molecule has 1 aliphatic rings. The van der Waals surface area contributed by atoms with Crippen LogP contribution in [0.4, 0.5) is 0 Å². The number of aromatic amines is 1. The maximum Gasteiger partial charge on any atom is 0.0159 e. The summed E-state index contributed by atoms with van der Waals surface area (Å²) >= 11 is 0. The standard InChI is InChI=1S/C13H23N3/c1-14-10-13(6-7-13)11-16(2)9-5-12-4-3-8-15-12/h3-4,8,14-15H,5-7,9-11H2,1-2H3. The predicted molar refractivity (Wildman–Crippen MR) is 67.6 cm³/mol. The Morgan fingerprint density at radius 3 is 2.88 bits per heavy atom. The van der Waals surface area contributed by atoms with Crippen LogP contribution in [0.15, 0.2) is 18.3 Å². The third-order valence-electron chi connectivity index (χ3n) is 3.54. The van der Waals surface area contributed by atoms with Crippen molar-refractivity contribution in [2.75, 3.05) is 33.7 Å². The fraction of sp³-hybridized carbons (Fsp3) is 0.692. The fourth-order valence-corrected chi connectivity index (χ4v) is 2.43. The Kier molecular flexibility index (Phi) is 3.66. The first kappa shape index (κ1) is 11.7. The van der Waals surface area contributed by atoms with Gasteiger partial charge in [-0.3, -0.25) is 0 Å². The van der Waals surface area contributed by atoms with E-state index in [-0.39, 0.29) is 0 Å². The fourth-order valence-electron chi connectivity index (χ4n) is 2.43. The second kappa shape index (κ2) is 5.02. The normalized spacial score (nSPS) is 17.9. The summed E-state index contributed by atoms with van der Waals surface area (Å²) in [5.74, 6) is 0. The van der Waals surface area contributed by atoms with Crippen molar-refractivity contribution in [2.45, 2.75) is 19.3 Å². The zero-order chi connectivity index (χ0) is 11.4. The summed E-state index contributed by atoms with van der Waals surface area (Å²) in [6.07, 6.45) is 5.90. The molecule has 0 amide bonds. The maximum atomic E-state index is 3.31. The van der Waals surface area contributed by atoms with Crippen molar-refractivity contribution in [1.82, 2.24) is 15.2 Å². The van der Waals surface area contributed by atoms with Crippen LogP contribution in [0.5, 0.6) is 0 Å². The number of H-pyrrole nitrogens is 1. The van der Waals surface area contributed by atoms with Crippen LogP contribution in [0.1, 0.15) is 18.5 Å². The maximum absolute atomic E-state index is 3.31. The summed E-state index contributed by atoms with van der Waals surface area (Å²) in [6, 6.07) is 4.23. The van der Waals surface area contributed by atoms with Gasteiger partial charge in [0.15, 0.2) is 0 Å². The van der Waals surface area contributed by atoms with Gasteiger partial charge in [0.25, 0.3) is 0 Å². The van der Waals surface area contributed by atoms with Gasteiger partial charge >= 0.3 is 0 Å². The van der Waals surface area contributed by atoms with Crippen molar-refractivity contribution < 1.29 is 0 Å². The van der Waals surface area contributed by atoms with E-state index in [0.29, 0.717) is 5.41 Å². The summed E-state index contributed by atoms with van der Waals surface area (Å²) in [5, 5.41) is 3.31. The number of hydrogen-bond donors (Lipinski definition) is 2. The highest BCUT2D eigenvalue weighted by molar-refractivity contribution is 5.04. The molecule has 0 unspecified atom stereocenters. The molecule has 0 saturated heterocycles. The molecule has 1 fully saturated rings. The van der Waals surface area contributed by atoms with Crippen LogP contribution in [-0.4, -0.2) is 43.6 Å². The molecule has 1 aliphatic carbocycles. The Morgan fingerprint density at radius 1 is 1.50 bits per heavy atom. The van der Waals surface area contributed by atoms with E-state index in [1.54, 1.807) is 0 Å². The molecule has 0 aromatic carbocycles. The van der Waals surface area contributed by atoms with E-state index in [0.717, 1.165) is 13.0 Å². The van der Waals surface area contributed by atoms with Gasteiger partial charge in [0.2, 0.25) is 0 Å². The second-order valence-corrected chi connectivity index (χ2v) is 5.21. The van der Waals surface area contributed by atoms with Crippen LogP contribution in [0.3, 0.4) is 0 Å². The molecule has 1 heterocycles. The number of likely N-dealkylation sites (N-methyl/N-ethyl adjacent to an activating group) is 1. The molecular weight excluding hydrogens is 198 g/mol. The molecule has 0 spiro atoms. The van der Waals surface area contributed by atoms with Gasteiger partial charge in [-0.25, -0.2) is 0 Å². The van der Waals surface area contributed by atoms with Crippen LogP contribution < -0.4 is 5.32 Å². The number of hydrogen-bond acceptors (Lipinski definition) is 2. The van der Waals surface area contributed by atoms with Crippen molar-refractivity contribution in [3.05, 3.63) is 24.0 Å². The average Bonchev–Trinajstić information content (AvgIpc) is 2.82. The summed E-state index contributed by atoms with van der Waals surface area (Å²) < 4.78 is 0. The first-order valence-electron chi connectivity index (χ1n) is 6.20. The van der Waals surface area contributed by atoms with Crippen LogP contribution in [0, 0.1) is 5.41 Å². The lowest BCUT2D eigenvalue weighted by Gasteiger charge is -2.23. The van der Waals surface area contributed by atoms with E-state index >= 15 is 0 Å². The van der Waals surface area contributed by atoms with Gasteiger partial charge in [-0.1, -0.05) is 0 Å². The molecule has 16 heavy (non-hydrogen) atoms. The molecule has 3 nitrogen and oxygen atoms in total. The van der Waals surface area contributed by atoms with Crippen molar-refractivity contribution in [2.24, 2.45) is 5.41 Å². The van der Waals surface area contributed by atoms with E-state index in [2.05, 4.69) is 41.4 Å². The molecule has 1 saturated carbocycles. The SMILES string of the molecule is CNCC1(CN(C)CCc2ccc[nH]2)CC1. The van der Waals surface area contributed by atoms with Crippen LogP contribution in [0.25, 0.3) is 0 Å². The molecule has 2 rings (SSSR count). The Balaban J connectivity index is 1.70. The second-order valence-electron chi connectivity index (χ2n) is 5.21. The molecule has 0 atom stereocenters. The molecule has 1 aromatic heterocycles. The lowest BCUT2D eigenvalue weighted by molar-refractivity contribution is 0.261. The molecule has 0 bridgehead atoms. The third kappa shape index (κ3) is 3.09. The molecule has 90 valence electrons. The smallest absolute Gasteiger partial charge is 0.0159 e. The zero-order valence-electron chi connectivity index (χ0n) is 10.4. The Labute approximate surface area is 98.2 Å². The first-order chi connectivity index (χ1) is 7.74. The number of rotatable bonds is 7. The zero-order valence-corrected chi connectivity index (χ0v) is 10.4. The summed E-state index contributed by atoms with van der Waals surface area (Å²) in [6.45, 7) is 3.54. The van der Waals surface area contributed by atoms with Crippen LogP contribution in [0.2, 0.25) is 0 Å². The van der Waals surface area contributed by atoms with E-state index in [4.69, 9.17) is 0 Å². The highest BCUT2D eigenvalue weighted by atomic mass is 15.1. The van der Waals surface area contributed by atoms with E-state index in [9.17, 15) is 0 Å². The lowest BCUT2D eigenvalue weighted by atomic mass is 10.1. The topological polar surface area (TPSA) is 31.1 Å². The number of aromatic nitrogens is 1. The van der Waals surface area contributed by atoms with Gasteiger partial charge < -0.3 is 15.2 Å². The van der Waals surface area contributed by atoms with Gasteiger partial charge in [-0.05, 0) is 44.5 Å². The van der Waals surface area contributed by atoms with Gasteiger partial charge in [0, 0.05) is 37.9 Å². The Morgan fingerprint density at radius 2 is 2.31 bits per heavy atom. The van der Waals surface area contributed by atoms with Crippen molar-refractivity contribution in [3.63, 3.8) is 0 Å². The minimum Gasteiger partial charge on any atom is -0.365 e. The Bertz CT molecular complexity index is 301. The van der Waals surface area contributed by atoms with E-state index in [1.165, 1.54) is 31.6 Å². The minimum atomic E-state index is 0.583. The lowest BCUT2D eigenvalue weighted by Crippen LogP contribution is -2.33. The Hall–Kier alpha value is -0.800. The van der Waals surface area contributed by atoms with Crippen molar-refractivity contribution in [3.8, 4) is 0 Å². The summed E-state index contributed by atoms with van der Waals surface area (Å²) in [7, 11) is 4.29. The van der Waals surface area contributed by atoms with Gasteiger partial charge in [0.1, 0.15) is 0 Å². The predicted octanol–water partition coefficient (Wildman–Crippen LogP) is 1.49. The van der Waals surface area contributed by atoms with Crippen molar-refractivity contribution >= 4 is 0 Å². The molecule has 3 heteroatoms. The number of nitrogens with one attached hydrogen (secondary N) is 2. The molecule has 2 N–H and O–H groups in total. The van der Waals surface area contributed by atoms with E-state index in [1.807, 2.05) is 6.20 Å². The van der Waals surface area contributed by atoms with E-state index < -0.39 is 0 Å². The molecular formula is C13H23N3.